The molecule has 1 atom stereocenters. The van der Waals surface area contributed by atoms with Crippen molar-refractivity contribution < 1.29 is 14.5 Å². The minimum absolute atomic E-state index is 0.0149. The molecule has 1 amide bonds. The number of amides is 1. The van der Waals surface area contributed by atoms with Crippen molar-refractivity contribution >= 4 is 23.4 Å². The summed E-state index contributed by atoms with van der Waals surface area (Å²) in [4.78, 5) is 24.8. The summed E-state index contributed by atoms with van der Waals surface area (Å²) in [6, 6.07) is 11.5. The molecule has 0 saturated carbocycles. The number of hydrogen-bond acceptors (Lipinski definition) is 5. The molecule has 1 aliphatic heterocycles. The molecule has 0 fully saturated rings. The number of carbonyl (C=O) groups excluding carboxylic acids is 1. The number of benzene rings is 2. The van der Waals surface area contributed by atoms with E-state index in [0.717, 1.165) is 5.56 Å². The Labute approximate surface area is 144 Å². The van der Waals surface area contributed by atoms with Gasteiger partial charge in [-0.15, -0.1) is 0 Å². The van der Waals surface area contributed by atoms with Crippen LogP contribution in [-0.2, 0) is 0 Å². The molecule has 0 bridgehead atoms. The van der Waals surface area contributed by atoms with Crippen molar-refractivity contribution in [1.82, 2.24) is 5.32 Å². The van der Waals surface area contributed by atoms with Crippen LogP contribution in [0.4, 0.5) is 11.4 Å². The highest BCUT2D eigenvalue weighted by atomic mass is 16.6. The van der Waals surface area contributed by atoms with Crippen molar-refractivity contribution in [1.29, 1.82) is 0 Å². The van der Waals surface area contributed by atoms with Gasteiger partial charge in [-0.2, -0.15) is 0 Å². The number of fused-ring (bicyclic) bond motifs is 1. The number of nitrogens with zero attached hydrogens (tertiary/aromatic N) is 2. The number of nitro benzene ring substituents is 1. The number of methoxy groups -OCH3 is 1. The Morgan fingerprint density at radius 1 is 1.24 bits per heavy atom. The van der Waals surface area contributed by atoms with E-state index in [1.807, 2.05) is 12.2 Å². The monoisotopic (exact) mass is 339 g/mol. The van der Waals surface area contributed by atoms with Gasteiger partial charge in [0.05, 0.1) is 17.7 Å². The van der Waals surface area contributed by atoms with E-state index in [1.165, 1.54) is 12.1 Å². The molecule has 1 aliphatic rings. The fourth-order valence-corrected chi connectivity index (χ4v) is 2.67. The smallest absolute Gasteiger partial charge is 0.271 e. The third-order valence-corrected chi connectivity index (χ3v) is 4.11. The van der Waals surface area contributed by atoms with Gasteiger partial charge in [-0.25, -0.2) is 0 Å². The first-order valence-corrected chi connectivity index (χ1v) is 7.64. The van der Waals surface area contributed by atoms with Crippen molar-refractivity contribution in [2.45, 2.75) is 6.17 Å². The van der Waals surface area contributed by atoms with Crippen LogP contribution in [-0.4, -0.2) is 31.2 Å². The van der Waals surface area contributed by atoms with E-state index in [4.69, 9.17) is 4.74 Å². The number of carbonyl (C=O) groups is 1. The molecule has 1 heterocycles. The predicted molar refractivity (Wildman–Crippen MR) is 94.8 cm³/mol. The number of nitro groups is 1. The van der Waals surface area contributed by atoms with Crippen LogP contribution in [0.3, 0.4) is 0 Å². The summed E-state index contributed by atoms with van der Waals surface area (Å²) in [7, 11) is 3.35. The van der Waals surface area contributed by atoms with Gasteiger partial charge in [0.25, 0.3) is 11.6 Å². The van der Waals surface area contributed by atoms with Crippen LogP contribution >= 0.6 is 0 Å². The Morgan fingerprint density at radius 2 is 1.96 bits per heavy atom. The Morgan fingerprint density at radius 3 is 2.60 bits per heavy atom. The molecule has 7 nitrogen and oxygen atoms in total. The third-order valence-electron chi connectivity index (χ3n) is 4.11. The number of likely N-dealkylation sites (N-methyl/N-ethyl adjacent to an activating group) is 1. The molecule has 25 heavy (non-hydrogen) atoms. The van der Waals surface area contributed by atoms with Crippen LogP contribution in [0.1, 0.15) is 15.9 Å². The highest BCUT2D eigenvalue weighted by molar-refractivity contribution is 5.95. The molecule has 128 valence electrons. The van der Waals surface area contributed by atoms with Gasteiger partial charge in [0.15, 0.2) is 0 Å². The molecule has 0 saturated heterocycles. The summed E-state index contributed by atoms with van der Waals surface area (Å²) in [5.41, 5.74) is 2.08. The molecule has 0 aromatic heterocycles. The lowest BCUT2D eigenvalue weighted by atomic mass is 10.1. The maximum absolute atomic E-state index is 12.4. The summed E-state index contributed by atoms with van der Waals surface area (Å²) in [5.74, 6) is 0.436. The van der Waals surface area contributed by atoms with Gasteiger partial charge in [-0.1, -0.05) is 6.08 Å². The summed E-state index contributed by atoms with van der Waals surface area (Å²) < 4.78 is 5.08. The molecule has 1 N–H and O–H groups in total. The van der Waals surface area contributed by atoms with Crippen LogP contribution < -0.4 is 15.0 Å². The predicted octanol–water partition coefficient (Wildman–Crippen LogP) is 2.82. The van der Waals surface area contributed by atoms with Crippen molar-refractivity contribution in [2.24, 2.45) is 0 Å². The van der Waals surface area contributed by atoms with Gasteiger partial charge >= 0.3 is 0 Å². The summed E-state index contributed by atoms with van der Waals surface area (Å²) in [5, 5.41) is 13.9. The molecular weight excluding hydrogens is 322 g/mol. The quantitative estimate of drug-likeness (QED) is 0.684. The average Bonchev–Trinajstić information content (AvgIpc) is 2.63. The van der Waals surface area contributed by atoms with E-state index in [2.05, 4.69) is 5.32 Å². The lowest BCUT2D eigenvalue weighted by molar-refractivity contribution is -0.384. The van der Waals surface area contributed by atoms with Crippen molar-refractivity contribution in [3.63, 3.8) is 0 Å². The lowest BCUT2D eigenvalue weighted by Gasteiger charge is -2.32. The van der Waals surface area contributed by atoms with Crippen molar-refractivity contribution in [2.75, 3.05) is 19.1 Å². The molecule has 2 aromatic carbocycles. The highest BCUT2D eigenvalue weighted by Crippen LogP contribution is 2.30. The minimum Gasteiger partial charge on any atom is -0.497 e. The Hall–Kier alpha value is -3.35. The second kappa shape index (κ2) is 6.64. The minimum atomic E-state index is -0.433. The average molecular weight is 339 g/mol. The van der Waals surface area contributed by atoms with Crippen molar-refractivity contribution in [3.8, 4) is 5.75 Å². The molecule has 7 heteroatoms. The molecule has 0 aliphatic carbocycles. The molecule has 3 rings (SSSR count). The molecule has 0 radical (unpaired) electrons. The Kier molecular flexibility index (Phi) is 4.38. The number of rotatable bonds is 4. The Bertz CT molecular complexity index is 846. The van der Waals surface area contributed by atoms with E-state index < -0.39 is 11.1 Å². The first-order chi connectivity index (χ1) is 12.0. The number of anilines is 1. The maximum Gasteiger partial charge on any atom is 0.271 e. The maximum atomic E-state index is 12.4. The summed E-state index contributed by atoms with van der Waals surface area (Å²) in [6.45, 7) is 0. The van der Waals surface area contributed by atoms with Crippen molar-refractivity contribution in [3.05, 3.63) is 69.8 Å². The van der Waals surface area contributed by atoms with Crippen LogP contribution in [0.2, 0.25) is 0 Å². The van der Waals surface area contributed by atoms with Gasteiger partial charge < -0.3 is 15.0 Å². The van der Waals surface area contributed by atoms with Crippen LogP contribution in [0.5, 0.6) is 5.75 Å². The molecule has 1 unspecified atom stereocenters. The van der Waals surface area contributed by atoms with Crippen LogP contribution in [0.15, 0.2) is 48.5 Å². The Balaban J connectivity index is 1.79. The zero-order chi connectivity index (χ0) is 18.0. The molecule has 0 spiro atoms. The van der Waals surface area contributed by atoms with Gasteiger partial charge in [0.2, 0.25) is 0 Å². The standard InChI is InChI=1S/C18H17N3O4/c1-20-16-11-14(21(23)24)7-3-12(16)6-10-17(20)19-18(22)13-4-8-15(25-2)9-5-13/h3-11,17H,1-2H3,(H,19,22). The SMILES string of the molecule is COc1ccc(C(=O)NC2C=Cc3ccc([N+](=O)[O-])cc3N2C)cc1. The molecule has 2 aromatic rings. The van der Waals surface area contributed by atoms with E-state index >= 15 is 0 Å². The second-order valence-electron chi connectivity index (χ2n) is 5.62. The third kappa shape index (κ3) is 3.30. The zero-order valence-corrected chi connectivity index (χ0v) is 13.8. The van der Waals surface area contributed by atoms with Gasteiger partial charge in [0, 0.05) is 24.7 Å². The van der Waals surface area contributed by atoms with E-state index in [1.54, 1.807) is 49.4 Å². The van der Waals surface area contributed by atoms with E-state index in [-0.39, 0.29) is 11.6 Å². The van der Waals surface area contributed by atoms with Gasteiger partial charge in [0.1, 0.15) is 11.9 Å². The van der Waals surface area contributed by atoms with E-state index in [0.29, 0.717) is 17.0 Å². The zero-order valence-electron chi connectivity index (χ0n) is 13.8. The van der Waals surface area contributed by atoms with Gasteiger partial charge in [-0.05, 0) is 42.0 Å². The largest absolute Gasteiger partial charge is 0.497 e. The fourth-order valence-electron chi connectivity index (χ4n) is 2.67. The van der Waals surface area contributed by atoms with E-state index in [9.17, 15) is 14.9 Å². The lowest BCUT2D eigenvalue weighted by Crippen LogP contribution is -2.46. The van der Waals surface area contributed by atoms with Crippen LogP contribution in [0.25, 0.3) is 6.08 Å². The highest BCUT2D eigenvalue weighted by Gasteiger charge is 2.23. The second-order valence-corrected chi connectivity index (χ2v) is 5.62. The number of ether oxygens (including phenoxy) is 1. The number of non-ortho nitro benzene ring substituents is 1. The number of nitrogens with one attached hydrogen (secondary N) is 1. The first kappa shape index (κ1) is 16.5. The van der Waals surface area contributed by atoms with Gasteiger partial charge in [-0.3, -0.25) is 14.9 Å². The normalized spacial score (nSPS) is 15.4. The summed E-state index contributed by atoms with van der Waals surface area (Å²) in [6.07, 6.45) is 3.29. The fraction of sp³-hybridized carbons (Fsp3) is 0.167. The molecular formula is C18H17N3O4. The summed E-state index contributed by atoms with van der Waals surface area (Å²) >= 11 is 0. The first-order valence-electron chi connectivity index (χ1n) is 7.64. The number of hydrogen-bond donors (Lipinski definition) is 1. The van der Waals surface area contributed by atoms with Crippen LogP contribution in [0, 0.1) is 10.1 Å². The topological polar surface area (TPSA) is 84.7 Å².